The average molecular weight is 368 g/mol. The minimum Gasteiger partial charge on any atom is -0.478 e. The molecule has 28 heavy (non-hydrogen) atoms. The van der Waals surface area contributed by atoms with E-state index in [2.05, 4.69) is 4.98 Å². The Kier molecular flexibility index (Phi) is 4.56. The molecule has 0 radical (unpaired) electrons. The molecule has 1 heterocycles. The van der Waals surface area contributed by atoms with Crippen molar-refractivity contribution < 1.29 is 9.90 Å². The summed E-state index contributed by atoms with van der Waals surface area (Å²) in [5.41, 5.74) is 2.25. The molecule has 4 rings (SSSR count). The van der Waals surface area contributed by atoms with Crippen molar-refractivity contribution in [3.8, 4) is 5.69 Å². The van der Waals surface area contributed by atoms with Gasteiger partial charge in [0.2, 0.25) is 0 Å². The lowest BCUT2D eigenvalue weighted by Crippen LogP contribution is -2.22. The molecule has 0 atom stereocenters. The number of hydrogen-bond donors (Lipinski definition) is 1. The summed E-state index contributed by atoms with van der Waals surface area (Å²) >= 11 is 0. The quantitative estimate of drug-likeness (QED) is 0.584. The molecule has 0 saturated carbocycles. The number of fused-ring (bicyclic) bond motifs is 1. The van der Waals surface area contributed by atoms with E-state index >= 15 is 0 Å². The monoisotopic (exact) mass is 368 g/mol. The van der Waals surface area contributed by atoms with E-state index in [0.717, 1.165) is 11.3 Å². The molecule has 0 fully saturated rings. The van der Waals surface area contributed by atoms with E-state index in [0.29, 0.717) is 16.7 Å². The third-order valence-electron chi connectivity index (χ3n) is 4.40. The molecular weight excluding hydrogens is 352 g/mol. The fraction of sp³-hybridized carbons (Fsp3) is 0. The van der Waals surface area contributed by atoms with Gasteiger partial charge < -0.3 is 5.11 Å². The fourth-order valence-electron chi connectivity index (χ4n) is 3.00. The molecule has 4 aromatic rings. The number of carbonyl (C=O) groups is 1. The van der Waals surface area contributed by atoms with Crippen LogP contribution in [0.4, 0.5) is 0 Å². The molecule has 0 amide bonds. The summed E-state index contributed by atoms with van der Waals surface area (Å²) in [6.07, 6.45) is 3.57. The zero-order chi connectivity index (χ0) is 19.5. The lowest BCUT2D eigenvalue weighted by molar-refractivity contribution is 0.0697. The SMILES string of the molecule is O=C(O)c1ccc(/C=C/c2nc3ccccc3c(=O)n2-c2ccccc2)cc1. The molecule has 0 aliphatic carbocycles. The van der Waals surface area contributed by atoms with Crippen LogP contribution in [-0.4, -0.2) is 20.6 Å². The number of benzene rings is 3. The smallest absolute Gasteiger partial charge is 0.335 e. The first-order chi connectivity index (χ1) is 13.6. The van der Waals surface area contributed by atoms with Crippen LogP contribution in [0, 0.1) is 0 Å². The maximum atomic E-state index is 13.1. The lowest BCUT2D eigenvalue weighted by Gasteiger charge is -2.11. The predicted octanol–water partition coefficient (Wildman–Crippen LogP) is 4.25. The Bertz CT molecular complexity index is 1240. The number of para-hydroxylation sites is 2. The topological polar surface area (TPSA) is 72.2 Å². The highest BCUT2D eigenvalue weighted by molar-refractivity contribution is 5.88. The second-order valence-electron chi connectivity index (χ2n) is 6.22. The minimum atomic E-state index is -0.968. The van der Waals surface area contributed by atoms with Gasteiger partial charge in [0.05, 0.1) is 22.2 Å². The lowest BCUT2D eigenvalue weighted by atomic mass is 10.1. The maximum Gasteiger partial charge on any atom is 0.335 e. The first-order valence-electron chi connectivity index (χ1n) is 8.72. The van der Waals surface area contributed by atoms with Gasteiger partial charge in [-0.15, -0.1) is 0 Å². The second kappa shape index (κ2) is 7.32. The van der Waals surface area contributed by atoms with E-state index in [9.17, 15) is 9.59 Å². The Balaban J connectivity index is 1.85. The van der Waals surface area contributed by atoms with E-state index < -0.39 is 5.97 Å². The Labute approximate surface area is 160 Å². The van der Waals surface area contributed by atoms with Crippen LogP contribution < -0.4 is 5.56 Å². The predicted molar refractivity (Wildman–Crippen MR) is 110 cm³/mol. The Morgan fingerprint density at radius 2 is 1.54 bits per heavy atom. The van der Waals surface area contributed by atoms with Gasteiger partial charge in [0.25, 0.3) is 5.56 Å². The van der Waals surface area contributed by atoms with Gasteiger partial charge in [0, 0.05) is 0 Å². The Morgan fingerprint density at radius 1 is 0.857 bits per heavy atom. The number of carboxylic acids is 1. The van der Waals surface area contributed by atoms with E-state index in [1.165, 1.54) is 0 Å². The van der Waals surface area contributed by atoms with Crippen molar-refractivity contribution in [3.05, 3.63) is 106 Å². The summed E-state index contributed by atoms with van der Waals surface area (Å²) in [6.45, 7) is 0. The molecule has 1 N–H and O–H groups in total. The van der Waals surface area contributed by atoms with Crippen LogP contribution in [-0.2, 0) is 0 Å². The van der Waals surface area contributed by atoms with Crippen molar-refractivity contribution in [2.45, 2.75) is 0 Å². The van der Waals surface area contributed by atoms with Gasteiger partial charge in [0.15, 0.2) is 0 Å². The summed E-state index contributed by atoms with van der Waals surface area (Å²) in [7, 11) is 0. The molecule has 0 saturated heterocycles. The van der Waals surface area contributed by atoms with Gasteiger partial charge in [-0.2, -0.15) is 0 Å². The first-order valence-corrected chi connectivity index (χ1v) is 8.72. The van der Waals surface area contributed by atoms with E-state index in [-0.39, 0.29) is 11.1 Å². The summed E-state index contributed by atoms with van der Waals surface area (Å²) in [5, 5.41) is 9.56. The number of aromatic carboxylic acids is 1. The third-order valence-corrected chi connectivity index (χ3v) is 4.40. The molecule has 5 nitrogen and oxygen atoms in total. The first kappa shape index (κ1) is 17.4. The summed E-state index contributed by atoms with van der Waals surface area (Å²) in [6, 6.07) is 23.1. The number of hydrogen-bond acceptors (Lipinski definition) is 3. The number of nitrogens with zero attached hydrogens (tertiary/aromatic N) is 2. The van der Waals surface area contributed by atoms with Crippen molar-refractivity contribution in [1.82, 2.24) is 9.55 Å². The summed E-state index contributed by atoms with van der Waals surface area (Å²) in [5.74, 6) is -0.471. The highest BCUT2D eigenvalue weighted by Gasteiger charge is 2.10. The third kappa shape index (κ3) is 3.33. The largest absolute Gasteiger partial charge is 0.478 e. The maximum absolute atomic E-state index is 13.1. The second-order valence-corrected chi connectivity index (χ2v) is 6.22. The number of rotatable bonds is 4. The van der Waals surface area contributed by atoms with Gasteiger partial charge in [-0.3, -0.25) is 9.36 Å². The van der Waals surface area contributed by atoms with Crippen molar-refractivity contribution in [2.24, 2.45) is 0 Å². The Hall–Kier alpha value is -3.99. The van der Waals surface area contributed by atoms with Crippen LogP contribution in [0.15, 0.2) is 83.7 Å². The van der Waals surface area contributed by atoms with Crippen LogP contribution in [0.2, 0.25) is 0 Å². The highest BCUT2D eigenvalue weighted by atomic mass is 16.4. The van der Waals surface area contributed by atoms with Crippen LogP contribution in [0.3, 0.4) is 0 Å². The molecule has 0 spiro atoms. The molecule has 0 aliphatic heterocycles. The normalized spacial score (nSPS) is 11.1. The molecule has 0 bridgehead atoms. The van der Waals surface area contributed by atoms with Crippen molar-refractivity contribution >= 4 is 29.0 Å². The van der Waals surface area contributed by atoms with E-state index in [4.69, 9.17) is 5.11 Å². The zero-order valence-electron chi connectivity index (χ0n) is 14.8. The van der Waals surface area contributed by atoms with E-state index in [1.54, 1.807) is 41.0 Å². The molecule has 3 aromatic carbocycles. The summed E-state index contributed by atoms with van der Waals surface area (Å²) in [4.78, 5) is 28.7. The van der Waals surface area contributed by atoms with Gasteiger partial charge in [-0.05, 0) is 48.0 Å². The van der Waals surface area contributed by atoms with Crippen LogP contribution in [0.25, 0.3) is 28.7 Å². The van der Waals surface area contributed by atoms with Gasteiger partial charge in [0.1, 0.15) is 5.82 Å². The van der Waals surface area contributed by atoms with Crippen molar-refractivity contribution in [2.75, 3.05) is 0 Å². The van der Waals surface area contributed by atoms with Crippen molar-refractivity contribution in [1.29, 1.82) is 0 Å². The van der Waals surface area contributed by atoms with Gasteiger partial charge in [-0.1, -0.05) is 48.5 Å². The molecule has 0 unspecified atom stereocenters. The van der Waals surface area contributed by atoms with Gasteiger partial charge in [-0.25, -0.2) is 9.78 Å². The van der Waals surface area contributed by atoms with Crippen LogP contribution >= 0.6 is 0 Å². The molecule has 5 heteroatoms. The van der Waals surface area contributed by atoms with Gasteiger partial charge >= 0.3 is 5.97 Å². The number of carboxylic acid groups (broad SMARTS) is 1. The van der Waals surface area contributed by atoms with Crippen LogP contribution in [0.1, 0.15) is 21.7 Å². The summed E-state index contributed by atoms with van der Waals surface area (Å²) < 4.78 is 1.57. The van der Waals surface area contributed by atoms with Crippen molar-refractivity contribution in [3.63, 3.8) is 0 Å². The highest BCUT2D eigenvalue weighted by Crippen LogP contribution is 2.15. The molecule has 136 valence electrons. The number of aromatic nitrogens is 2. The molecular formula is C23H16N2O3. The Morgan fingerprint density at radius 3 is 2.25 bits per heavy atom. The molecule has 1 aromatic heterocycles. The average Bonchev–Trinajstić information content (AvgIpc) is 2.73. The molecule has 0 aliphatic rings. The standard InChI is InChI=1S/C23H16N2O3/c26-22-19-8-4-5-9-20(19)24-21(25(22)18-6-2-1-3-7-18)15-12-16-10-13-17(14-11-16)23(27)28/h1-15H,(H,27,28)/b15-12+. The van der Waals surface area contributed by atoms with E-state index in [1.807, 2.05) is 54.6 Å². The fourth-order valence-corrected chi connectivity index (χ4v) is 3.00. The minimum absolute atomic E-state index is 0.141. The van der Waals surface area contributed by atoms with Crippen LogP contribution in [0.5, 0.6) is 0 Å². The zero-order valence-corrected chi connectivity index (χ0v) is 14.8.